The normalized spacial score (nSPS) is 15.0. The standard InChI is InChI=1S/C20H21FN4O2S/c1-3-8-25-9-6-14(7-10-25)19(27)24-20-23-18(12-28-20)16-5-4-15(11-17(16)21)22-13(2)26/h1,4-5,11-12,14H,6-10H2,2H3,(H,22,26)(H,23,24,27). The number of carbonyl (C=O) groups is 2. The van der Waals surface area contributed by atoms with E-state index in [1.807, 2.05) is 0 Å². The van der Waals surface area contributed by atoms with Gasteiger partial charge in [-0.15, -0.1) is 17.8 Å². The molecule has 0 radical (unpaired) electrons. The zero-order valence-electron chi connectivity index (χ0n) is 15.5. The van der Waals surface area contributed by atoms with E-state index in [4.69, 9.17) is 6.42 Å². The molecule has 0 spiro atoms. The molecule has 0 unspecified atom stereocenters. The number of anilines is 2. The molecule has 0 bridgehead atoms. The molecule has 1 fully saturated rings. The van der Waals surface area contributed by atoms with Gasteiger partial charge in [0.1, 0.15) is 5.82 Å². The molecular weight excluding hydrogens is 379 g/mol. The van der Waals surface area contributed by atoms with Gasteiger partial charge in [0.2, 0.25) is 11.8 Å². The number of thiazole rings is 1. The quantitative estimate of drug-likeness (QED) is 0.756. The number of carbonyl (C=O) groups excluding carboxylic acids is 2. The highest BCUT2D eigenvalue weighted by molar-refractivity contribution is 7.14. The summed E-state index contributed by atoms with van der Waals surface area (Å²) in [6.45, 7) is 3.57. The molecule has 6 nitrogen and oxygen atoms in total. The van der Waals surface area contributed by atoms with Gasteiger partial charge in [-0.3, -0.25) is 14.5 Å². The Morgan fingerprint density at radius 2 is 2.11 bits per heavy atom. The number of terminal acetylenes is 1. The molecule has 0 atom stereocenters. The zero-order chi connectivity index (χ0) is 20.1. The molecule has 3 rings (SSSR count). The molecule has 0 aliphatic carbocycles. The van der Waals surface area contributed by atoms with Gasteiger partial charge in [0.05, 0.1) is 12.2 Å². The lowest BCUT2D eigenvalue weighted by atomic mass is 9.96. The molecule has 1 aliphatic rings. The third kappa shape index (κ3) is 4.94. The minimum atomic E-state index is -0.490. The topological polar surface area (TPSA) is 74.3 Å². The van der Waals surface area contributed by atoms with Crippen molar-refractivity contribution in [2.24, 2.45) is 5.92 Å². The fourth-order valence-corrected chi connectivity index (χ4v) is 3.86. The van der Waals surface area contributed by atoms with Gasteiger partial charge in [-0.1, -0.05) is 5.92 Å². The maximum Gasteiger partial charge on any atom is 0.229 e. The van der Waals surface area contributed by atoms with Gasteiger partial charge in [-0.2, -0.15) is 0 Å². The minimum Gasteiger partial charge on any atom is -0.326 e. The van der Waals surface area contributed by atoms with Gasteiger partial charge in [0.15, 0.2) is 5.13 Å². The number of nitrogens with one attached hydrogen (secondary N) is 2. The van der Waals surface area contributed by atoms with E-state index in [2.05, 4.69) is 26.4 Å². The van der Waals surface area contributed by atoms with Crippen LogP contribution in [0.1, 0.15) is 19.8 Å². The Morgan fingerprint density at radius 3 is 2.75 bits per heavy atom. The monoisotopic (exact) mass is 400 g/mol. The average Bonchev–Trinajstić information content (AvgIpc) is 3.10. The Hall–Kier alpha value is -2.76. The number of rotatable bonds is 5. The van der Waals surface area contributed by atoms with Crippen LogP contribution in [0.15, 0.2) is 23.6 Å². The molecule has 1 aromatic heterocycles. The van der Waals surface area contributed by atoms with Crippen LogP contribution in [0.25, 0.3) is 11.3 Å². The Kier molecular flexibility index (Phi) is 6.39. The van der Waals surface area contributed by atoms with E-state index in [0.717, 1.165) is 25.9 Å². The fraction of sp³-hybridized carbons (Fsp3) is 0.350. The van der Waals surface area contributed by atoms with E-state index in [1.165, 1.54) is 24.3 Å². The molecule has 1 saturated heterocycles. The number of hydrogen-bond donors (Lipinski definition) is 2. The summed E-state index contributed by atoms with van der Waals surface area (Å²) in [6.07, 6.45) is 6.83. The lowest BCUT2D eigenvalue weighted by Gasteiger charge is -2.29. The number of halogens is 1. The highest BCUT2D eigenvalue weighted by Gasteiger charge is 2.25. The van der Waals surface area contributed by atoms with Crippen molar-refractivity contribution in [1.82, 2.24) is 9.88 Å². The van der Waals surface area contributed by atoms with Gasteiger partial charge < -0.3 is 10.6 Å². The van der Waals surface area contributed by atoms with Gasteiger partial charge in [-0.25, -0.2) is 9.37 Å². The molecule has 2 heterocycles. The Balaban J connectivity index is 1.62. The molecule has 8 heteroatoms. The maximum atomic E-state index is 14.4. The molecule has 2 N–H and O–H groups in total. The van der Waals surface area contributed by atoms with Crippen molar-refractivity contribution >= 4 is 34.0 Å². The van der Waals surface area contributed by atoms with Crippen LogP contribution in [0.5, 0.6) is 0 Å². The van der Waals surface area contributed by atoms with Crippen LogP contribution in [-0.4, -0.2) is 41.3 Å². The number of likely N-dealkylation sites (tertiary alicyclic amines) is 1. The van der Waals surface area contributed by atoms with Crippen LogP contribution in [0.3, 0.4) is 0 Å². The maximum absolute atomic E-state index is 14.4. The van der Waals surface area contributed by atoms with Crippen LogP contribution in [-0.2, 0) is 9.59 Å². The molecule has 2 aromatic rings. The predicted molar refractivity (Wildman–Crippen MR) is 108 cm³/mol. The first-order valence-corrected chi connectivity index (χ1v) is 9.84. The number of benzene rings is 1. The van der Waals surface area contributed by atoms with E-state index in [-0.39, 0.29) is 17.7 Å². The van der Waals surface area contributed by atoms with Crippen LogP contribution >= 0.6 is 11.3 Å². The zero-order valence-corrected chi connectivity index (χ0v) is 16.3. The van der Waals surface area contributed by atoms with Crippen LogP contribution in [0.4, 0.5) is 15.2 Å². The SMILES string of the molecule is C#CCN1CCC(C(=O)Nc2nc(-c3ccc(NC(C)=O)cc3F)cs2)CC1. The van der Waals surface area contributed by atoms with Gasteiger partial charge in [0.25, 0.3) is 0 Å². The van der Waals surface area contributed by atoms with E-state index in [9.17, 15) is 14.0 Å². The predicted octanol–water partition coefficient (Wildman–Crippen LogP) is 3.19. The molecular formula is C20H21FN4O2S. The average molecular weight is 400 g/mol. The summed E-state index contributed by atoms with van der Waals surface area (Å²) in [5.41, 5.74) is 1.14. The number of amides is 2. The smallest absolute Gasteiger partial charge is 0.229 e. The van der Waals surface area contributed by atoms with Crippen LogP contribution < -0.4 is 10.6 Å². The van der Waals surface area contributed by atoms with Crippen molar-refractivity contribution in [2.45, 2.75) is 19.8 Å². The van der Waals surface area contributed by atoms with Crippen molar-refractivity contribution in [1.29, 1.82) is 0 Å². The summed E-state index contributed by atoms with van der Waals surface area (Å²) in [6, 6.07) is 4.42. The third-order valence-electron chi connectivity index (χ3n) is 4.57. The van der Waals surface area contributed by atoms with Crippen molar-refractivity contribution < 1.29 is 14.0 Å². The summed E-state index contributed by atoms with van der Waals surface area (Å²) in [4.78, 5) is 30.0. The van der Waals surface area contributed by atoms with Crippen molar-refractivity contribution in [2.75, 3.05) is 30.3 Å². The molecule has 1 aliphatic heterocycles. The highest BCUT2D eigenvalue weighted by Crippen LogP contribution is 2.29. The summed E-state index contributed by atoms with van der Waals surface area (Å²) >= 11 is 1.25. The summed E-state index contributed by atoms with van der Waals surface area (Å²) in [5, 5.41) is 7.51. The first kappa shape index (κ1) is 20.0. The van der Waals surface area contributed by atoms with E-state index >= 15 is 0 Å². The van der Waals surface area contributed by atoms with E-state index in [1.54, 1.807) is 17.5 Å². The number of piperidine rings is 1. The Bertz CT molecular complexity index is 913. The first-order valence-electron chi connectivity index (χ1n) is 8.96. The van der Waals surface area contributed by atoms with Crippen molar-refractivity contribution in [3.63, 3.8) is 0 Å². The second-order valence-corrected chi connectivity index (χ2v) is 7.52. The first-order chi connectivity index (χ1) is 13.5. The second-order valence-electron chi connectivity index (χ2n) is 6.66. The van der Waals surface area contributed by atoms with Crippen LogP contribution in [0.2, 0.25) is 0 Å². The Labute approximate surface area is 167 Å². The van der Waals surface area contributed by atoms with Gasteiger partial charge in [0, 0.05) is 29.5 Å². The van der Waals surface area contributed by atoms with Crippen molar-refractivity contribution in [3.05, 3.63) is 29.4 Å². The molecule has 0 saturated carbocycles. The summed E-state index contributed by atoms with van der Waals surface area (Å²) < 4.78 is 14.4. The Morgan fingerprint density at radius 1 is 1.36 bits per heavy atom. The lowest BCUT2D eigenvalue weighted by Crippen LogP contribution is -2.38. The van der Waals surface area contributed by atoms with E-state index in [0.29, 0.717) is 28.6 Å². The second kappa shape index (κ2) is 8.95. The summed E-state index contributed by atoms with van der Waals surface area (Å²) in [5.74, 6) is 1.72. The number of hydrogen-bond acceptors (Lipinski definition) is 5. The number of aromatic nitrogens is 1. The lowest BCUT2D eigenvalue weighted by molar-refractivity contribution is -0.121. The van der Waals surface area contributed by atoms with Crippen LogP contribution in [0, 0.1) is 24.1 Å². The van der Waals surface area contributed by atoms with E-state index < -0.39 is 5.82 Å². The largest absolute Gasteiger partial charge is 0.326 e. The highest BCUT2D eigenvalue weighted by atomic mass is 32.1. The van der Waals surface area contributed by atoms with Gasteiger partial charge >= 0.3 is 0 Å². The molecule has 1 aromatic carbocycles. The molecule has 28 heavy (non-hydrogen) atoms. The van der Waals surface area contributed by atoms with Crippen molar-refractivity contribution in [3.8, 4) is 23.6 Å². The number of nitrogens with zero attached hydrogens (tertiary/aromatic N) is 2. The summed E-state index contributed by atoms with van der Waals surface area (Å²) in [7, 11) is 0. The fourth-order valence-electron chi connectivity index (χ4n) is 3.15. The third-order valence-corrected chi connectivity index (χ3v) is 5.33. The van der Waals surface area contributed by atoms with Gasteiger partial charge in [-0.05, 0) is 44.1 Å². The molecule has 146 valence electrons. The minimum absolute atomic E-state index is 0.0669. The molecule has 2 amide bonds.